The molecule has 0 saturated carbocycles. The lowest BCUT2D eigenvalue weighted by molar-refractivity contribution is 0.811. The number of hydrogen-bond acceptors (Lipinski definition) is 4. The van der Waals surface area contributed by atoms with Gasteiger partial charge in [-0.25, -0.2) is 4.98 Å². The largest absolute Gasteiger partial charge is 0.316 e. The van der Waals surface area contributed by atoms with E-state index in [0.29, 0.717) is 0 Å². The van der Waals surface area contributed by atoms with Gasteiger partial charge in [0.15, 0.2) is 5.16 Å². The van der Waals surface area contributed by atoms with E-state index in [-0.39, 0.29) is 0 Å². The molecule has 1 heterocycles. The van der Waals surface area contributed by atoms with Gasteiger partial charge in [-0.2, -0.15) is 5.10 Å². The van der Waals surface area contributed by atoms with Crippen LogP contribution in [-0.2, 0) is 6.54 Å². The molecule has 0 aliphatic rings. The topological polar surface area (TPSA) is 53.6 Å². The van der Waals surface area contributed by atoms with Gasteiger partial charge in [0, 0.05) is 11.4 Å². The SMILES string of the molecule is CNCc1ccc(Sc2ncn[nH]2)cc1C. The van der Waals surface area contributed by atoms with E-state index in [0.717, 1.165) is 11.7 Å². The highest BCUT2D eigenvalue weighted by atomic mass is 32.2. The van der Waals surface area contributed by atoms with Crippen molar-refractivity contribution in [2.75, 3.05) is 7.05 Å². The molecule has 0 saturated heterocycles. The molecule has 0 fully saturated rings. The molecule has 2 N–H and O–H groups in total. The standard InChI is InChI=1S/C11H14N4S/c1-8-5-10(4-3-9(8)6-12-2)16-11-13-7-14-15-11/h3-5,7,12H,6H2,1-2H3,(H,13,14,15). The van der Waals surface area contributed by atoms with E-state index in [1.54, 1.807) is 11.8 Å². The smallest absolute Gasteiger partial charge is 0.188 e. The molecule has 1 aromatic carbocycles. The van der Waals surface area contributed by atoms with Gasteiger partial charge in [0.05, 0.1) is 0 Å². The van der Waals surface area contributed by atoms with E-state index in [2.05, 4.69) is 45.6 Å². The lowest BCUT2D eigenvalue weighted by atomic mass is 10.1. The van der Waals surface area contributed by atoms with Gasteiger partial charge in [0.25, 0.3) is 0 Å². The van der Waals surface area contributed by atoms with Crippen LogP contribution in [0.3, 0.4) is 0 Å². The molecule has 0 bridgehead atoms. The summed E-state index contributed by atoms with van der Waals surface area (Å²) in [5.74, 6) is 0. The van der Waals surface area contributed by atoms with Crippen LogP contribution in [0.2, 0.25) is 0 Å². The Morgan fingerprint density at radius 1 is 1.44 bits per heavy atom. The molecular weight excluding hydrogens is 220 g/mol. The lowest BCUT2D eigenvalue weighted by Gasteiger charge is -2.06. The molecule has 0 radical (unpaired) electrons. The van der Waals surface area contributed by atoms with Crippen molar-refractivity contribution < 1.29 is 0 Å². The van der Waals surface area contributed by atoms with Gasteiger partial charge in [-0.15, -0.1) is 0 Å². The second-order valence-corrected chi connectivity index (χ2v) is 4.57. The van der Waals surface area contributed by atoms with Crippen LogP contribution >= 0.6 is 11.8 Å². The van der Waals surface area contributed by atoms with E-state index in [1.807, 2.05) is 7.05 Å². The lowest BCUT2D eigenvalue weighted by Crippen LogP contribution is -2.06. The van der Waals surface area contributed by atoms with Crippen LogP contribution in [0, 0.1) is 6.92 Å². The monoisotopic (exact) mass is 234 g/mol. The molecule has 4 nitrogen and oxygen atoms in total. The summed E-state index contributed by atoms with van der Waals surface area (Å²) in [6.45, 7) is 3.02. The molecule has 0 aliphatic carbocycles. The average molecular weight is 234 g/mol. The van der Waals surface area contributed by atoms with Crippen LogP contribution in [0.4, 0.5) is 0 Å². The maximum atomic E-state index is 4.08. The van der Waals surface area contributed by atoms with Crippen LogP contribution in [-0.4, -0.2) is 22.2 Å². The number of aromatic amines is 1. The summed E-state index contributed by atoms with van der Waals surface area (Å²) in [5.41, 5.74) is 2.61. The fraction of sp³-hybridized carbons (Fsp3) is 0.273. The molecule has 16 heavy (non-hydrogen) atoms. The number of benzene rings is 1. The first-order valence-corrected chi connectivity index (χ1v) is 5.88. The Morgan fingerprint density at radius 3 is 2.94 bits per heavy atom. The first-order chi connectivity index (χ1) is 7.79. The summed E-state index contributed by atoms with van der Waals surface area (Å²) < 4.78 is 0. The van der Waals surface area contributed by atoms with Crippen molar-refractivity contribution in [1.82, 2.24) is 20.5 Å². The maximum absolute atomic E-state index is 4.08. The van der Waals surface area contributed by atoms with Crippen molar-refractivity contribution >= 4 is 11.8 Å². The highest BCUT2D eigenvalue weighted by Crippen LogP contribution is 2.25. The number of nitrogens with zero attached hydrogens (tertiary/aromatic N) is 2. The van der Waals surface area contributed by atoms with Crippen molar-refractivity contribution in [2.24, 2.45) is 0 Å². The molecular formula is C11H14N4S. The molecule has 2 rings (SSSR count). The fourth-order valence-corrected chi connectivity index (χ4v) is 2.27. The number of hydrogen-bond donors (Lipinski definition) is 2. The second-order valence-electron chi connectivity index (χ2n) is 3.51. The highest BCUT2D eigenvalue weighted by molar-refractivity contribution is 7.99. The van der Waals surface area contributed by atoms with Gasteiger partial charge in [-0.1, -0.05) is 17.8 Å². The summed E-state index contributed by atoms with van der Waals surface area (Å²) >= 11 is 1.59. The minimum absolute atomic E-state index is 0.820. The first-order valence-electron chi connectivity index (χ1n) is 5.07. The Balaban J connectivity index is 2.15. The van der Waals surface area contributed by atoms with E-state index < -0.39 is 0 Å². The predicted molar refractivity (Wildman–Crippen MR) is 64.4 cm³/mol. The molecule has 1 aromatic heterocycles. The molecule has 5 heteroatoms. The molecule has 0 atom stereocenters. The van der Waals surface area contributed by atoms with Gasteiger partial charge >= 0.3 is 0 Å². The summed E-state index contributed by atoms with van der Waals surface area (Å²) in [7, 11) is 1.95. The van der Waals surface area contributed by atoms with Crippen molar-refractivity contribution in [3.63, 3.8) is 0 Å². The van der Waals surface area contributed by atoms with Crippen LogP contribution in [0.1, 0.15) is 11.1 Å². The quantitative estimate of drug-likeness (QED) is 0.849. The van der Waals surface area contributed by atoms with Gasteiger partial charge in [-0.3, -0.25) is 5.10 Å². The predicted octanol–water partition coefficient (Wildman–Crippen LogP) is 1.98. The number of nitrogens with one attached hydrogen (secondary N) is 2. The molecule has 0 unspecified atom stereocenters. The van der Waals surface area contributed by atoms with E-state index in [1.165, 1.54) is 22.3 Å². The third-order valence-electron chi connectivity index (χ3n) is 2.29. The van der Waals surface area contributed by atoms with E-state index in [9.17, 15) is 0 Å². The van der Waals surface area contributed by atoms with Gasteiger partial charge in [0.2, 0.25) is 0 Å². The zero-order valence-corrected chi connectivity index (χ0v) is 10.1. The Labute approximate surface area is 98.9 Å². The molecule has 84 valence electrons. The zero-order chi connectivity index (χ0) is 11.4. The number of aryl methyl sites for hydroxylation is 1. The third-order valence-corrected chi connectivity index (χ3v) is 3.17. The maximum Gasteiger partial charge on any atom is 0.188 e. The van der Waals surface area contributed by atoms with Crippen molar-refractivity contribution in [2.45, 2.75) is 23.5 Å². The Hall–Kier alpha value is -1.33. The minimum atomic E-state index is 0.820. The number of H-pyrrole nitrogens is 1. The fourth-order valence-electron chi connectivity index (χ4n) is 1.48. The van der Waals surface area contributed by atoms with Crippen LogP contribution in [0.5, 0.6) is 0 Å². The van der Waals surface area contributed by atoms with Crippen LogP contribution < -0.4 is 5.32 Å². The summed E-state index contributed by atoms with van der Waals surface area (Å²) in [6.07, 6.45) is 1.52. The molecule has 0 spiro atoms. The average Bonchev–Trinajstić information content (AvgIpc) is 2.75. The first kappa shape index (κ1) is 11.2. The van der Waals surface area contributed by atoms with Crippen LogP contribution in [0.15, 0.2) is 34.6 Å². The summed E-state index contributed by atoms with van der Waals surface area (Å²) in [4.78, 5) is 5.26. The molecule has 0 amide bonds. The van der Waals surface area contributed by atoms with Gasteiger partial charge in [-0.05, 0) is 37.2 Å². The Morgan fingerprint density at radius 2 is 2.31 bits per heavy atom. The normalized spacial score (nSPS) is 10.6. The Bertz CT molecular complexity index is 453. The van der Waals surface area contributed by atoms with Crippen molar-refractivity contribution in [1.29, 1.82) is 0 Å². The van der Waals surface area contributed by atoms with Crippen LogP contribution in [0.25, 0.3) is 0 Å². The number of aromatic nitrogens is 3. The molecule has 0 aliphatic heterocycles. The third kappa shape index (κ3) is 2.62. The molecule has 2 aromatic rings. The second kappa shape index (κ2) is 5.14. The minimum Gasteiger partial charge on any atom is -0.316 e. The Kier molecular flexibility index (Phi) is 3.58. The van der Waals surface area contributed by atoms with Gasteiger partial charge in [0.1, 0.15) is 6.33 Å². The number of rotatable bonds is 4. The van der Waals surface area contributed by atoms with Gasteiger partial charge < -0.3 is 5.32 Å². The van der Waals surface area contributed by atoms with Crippen molar-refractivity contribution in [3.05, 3.63) is 35.7 Å². The zero-order valence-electron chi connectivity index (χ0n) is 9.32. The summed E-state index contributed by atoms with van der Waals surface area (Å²) in [5, 5.41) is 10.6. The van der Waals surface area contributed by atoms with E-state index >= 15 is 0 Å². The van der Waals surface area contributed by atoms with E-state index in [4.69, 9.17) is 0 Å². The highest BCUT2D eigenvalue weighted by Gasteiger charge is 2.02. The van der Waals surface area contributed by atoms with Crippen molar-refractivity contribution in [3.8, 4) is 0 Å². The summed E-state index contributed by atoms with van der Waals surface area (Å²) in [6, 6.07) is 6.41.